The number of β-lactam (4-membered cyclic amide) rings is 1. The van der Waals surface area contributed by atoms with Crippen molar-refractivity contribution in [1.29, 1.82) is 0 Å². The maximum Gasteiger partial charge on any atom is 0.258 e. The van der Waals surface area contributed by atoms with Crippen molar-refractivity contribution in [3.8, 4) is 0 Å². The van der Waals surface area contributed by atoms with Crippen LogP contribution in [-0.4, -0.2) is 16.9 Å². The zero-order valence-corrected chi connectivity index (χ0v) is 12.4. The number of benzene rings is 2. The molecule has 2 heterocycles. The lowest BCUT2D eigenvalue weighted by molar-refractivity contribution is -0.170. The molecule has 0 radical (unpaired) electrons. The highest BCUT2D eigenvalue weighted by Crippen LogP contribution is 2.44. The van der Waals surface area contributed by atoms with Crippen molar-refractivity contribution in [2.24, 2.45) is 0 Å². The molecule has 1 amide bonds. The fraction of sp³-hybridized carbons (Fsp3) is 0.211. The molecular formula is C19H17NO2. The summed E-state index contributed by atoms with van der Waals surface area (Å²) in [5.74, 6) is 0.0507. The van der Waals surface area contributed by atoms with Gasteiger partial charge in [-0.15, -0.1) is 0 Å². The van der Waals surface area contributed by atoms with Crippen LogP contribution in [0.5, 0.6) is 0 Å². The topological polar surface area (TPSA) is 29.5 Å². The van der Waals surface area contributed by atoms with Crippen LogP contribution in [0.3, 0.4) is 0 Å². The first-order chi connectivity index (χ1) is 10.8. The number of carbonyl (C=O) groups excluding carboxylic acids is 1. The van der Waals surface area contributed by atoms with E-state index in [-0.39, 0.29) is 18.1 Å². The average Bonchev–Trinajstić information content (AvgIpc) is 2.57. The third-order valence-electron chi connectivity index (χ3n) is 4.39. The standard InChI is InChI=1S/C19H17NO2/c1-13-11-20-17(16-10-6-5-9-15(13)16)18(19(20)21)22-12-14-7-3-2-4-8-14/h2-11,17-18H,12H2,1H3. The molecule has 0 N–H and O–H groups in total. The molecule has 2 aliphatic heterocycles. The van der Waals surface area contributed by atoms with Gasteiger partial charge in [0.2, 0.25) is 0 Å². The van der Waals surface area contributed by atoms with Crippen LogP contribution in [0.25, 0.3) is 5.57 Å². The van der Waals surface area contributed by atoms with E-state index in [1.807, 2.05) is 55.6 Å². The first-order valence-electron chi connectivity index (χ1n) is 7.51. The van der Waals surface area contributed by atoms with E-state index in [9.17, 15) is 4.79 Å². The molecule has 2 aliphatic rings. The van der Waals surface area contributed by atoms with Crippen LogP contribution < -0.4 is 0 Å². The van der Waals surface area contributed by atoms with E-state index in [1.54, 1.807) is 4.90 Å². The molecule has 0 saturated carbocycles. The van der Waals surface area contributed by atoms with E-state index in [0.717, 1.165) is 11.1 Å². The average molecular weight is 291 g/mol. The summed E-state index contributed by atoms with van der Waals surface area (Å²) in [5, 5.41) is 0. The summed E-state index contributed by atoms with van der Waals surface area (Å²) in [7, 11) is 0. The molecule has 110 valence electrons. The van der Waals surface area contributed by atoms with Crippen molar-refractivity contribution in [3.05, 3.63) is 77.5 Å². The molecule has 3 nitrogen and oxygen atoms in total. The van der Waals surface area contributed by atoms with E-state index >= 15 is 0 Å². The van der Waals surface area contributed by atoms with Gasteiger partial charge in [0.25, 0.3) is 5.91 Å². The third kappa shape index (κ3) is 1.97. The second-order valence-electron chi connectivity index (χ2n) is 5.81. The van der Waals surface area contributed by atoms with Gasteiger partial charge in [0.05, 0.1) is 12.6 Å². The smallest absolute Gasteiger partial charge is 0.258 e. The van der Waals surface area contributed by atoms with Gasteiger partial charge in [0.1, 0.15) is 0 Å². The number of carbonyl (C=O) groups is 1. The largest absolute Gasteiger partial charge is 0.361 e. The lowest BCUT2D eigenvalue weighted by Gasteiger charge is -2.48. The first kappa shape index (κ1) is 13.3. The first-order valence-corrected chi connectivity index (χ1v) is 7.51. The molecule has 0 spiro atoms. The van der Waals surface area contributed by atoms with Crippen LogP contribution >= 0.6 is 0 Å². The van der Waals surface area contributed by atoms with Crippen LogP contribution in [-0.2, 0) is 16.1 Å². The number of allylic oxidation sites excluding steroid dienone is 1. The minimum Gasteiger partial charge on any atom is -0.361 e. The van der Waals surface area contributed by atoms with Gasteiger partial charge in [-0.05, 0) is 29.2 Å². The summed E-state index contributed by atoms with van der Waals surface area (Å²) >= 11 is 0. The highest BCUT2D eigenvalue weighted by molar-refractivity contribution is 5.93. The molecule has 1 saturated heterocycles. The molecule has 2 aromatic rings. The van der Waals surface area contributed by atoms with Crippen molar-refractivity contribution >= 4 is 11.5 Å². The van der Waals surface area contributed by atoms with Crippen molar-refractivity contribution in [1.82, 2.24) is 4.90 Å². The number of hydrogen-bond acceptors (Lipinski definition) is 2. The van der Waals surface area contributed by atoms with E-state index < -0.39 is 0 Å². The Morgan fingerprint density at radius 1 is 1.05 bits per heavy atom. The predicted molar refractivity (Wildman–Crippen MR) is 84.7 cm³/mol. The van der Waals surface area contributed by atoms with Crippen molar-refractivity contribution in [2.45, 2.75) is 25.7 Å². The zero-order chi connectivity index (χ0) is 15.1. The van der Waals surface area contributed by atoms with E-state index in [1.165, 1.54) is 11.1 Å². The molecular weight excluding hydrogens is 274 g/mol. The molecule has 3 heteroatoms. The Hall–Kier alpha value is -2.39. The molecule has 1 fully saturated rings. The lowest BCUT2D eigenvalue weighted by Crippen LogP contribution is -2.58. The number of fused-ring (bicyclic) bond motifs is 3. The van der Waals surface area contributed by atoms with Crippen LogP contribution in [0, 0.1) is 0 Å². The van der Waals surface area contributed by atoms with Crippen LogP contribution in [0.4, 0.5) is 0 Å². The third-order valence-corrected chi connectivity index (χ3v) is 4.39. The normalized spacial score (nSPS) is 22.5. The fourth-order valence-electron chi connectivity index (χ4n) is 3.25. The molecule has 2 unspecified atom stereocenters. The van der Waals surface area contributed by atoms with Crippen LogP contribution in [0.2, 0.25) is 0 Å². The van der Waals surface area contributed by atoms with E-state index in [4.69, 9.17) is 4.74 Å². The Labute approximate surface area is 129 Å². The monoisotopic (exact) mass is 291 g/mol. The van der Waals surface area contributed by atoms with Gasteiger partial charge in [-0.2, -0.15) is 0 Å². The summed E-state index contributed by atoms with van der Waals surface area (Å²) < 4.78 is 5.92. The minimum absolute atomic E-state index is 0.0103. The fourth-order valence-corrected chi connectivity index (χ4v) is 3.25. The summed E-state index contributed by atoms with van der Waals surface area (Å²) in [6.07, 6.45) is 1.56. The predicted octanol–water partition coefficient (Wildman–Crippen LogP) is 3.53. The van der Waals surface area contributed by atoms with Gasteiger partial charge >= 0.3 is 0 Å². The van der Waals surface area contributed by atoms with E-state index in [2.05, 4.69) is 12.1 Å². The maximum atomic E-state index is 12.3. The SMILES string of the molecule is CC1=CN2C(=O)C(OCc3ccccc3)C2c2ccccc21. The van der Waals surface area contributed by atoms with Gasteiger partial charge < -0.3 is 9.64 Å². The lowest BCUT2D eigenvalue weighted by atomic mass is 9.83. The maximum absolute atomic E-state index is 12.3. The van der Waals surface area contributed by atoms with Crippen LogP contribution in [0.1, 0.15) is 29.7 Å². The number of rotatable bonds is 3. The molecule has 0 aromatic heterocycles. The Kier molecular flexibility index (Phi) is 3.09. The van der Waals surface area contributed by atoms with Crippen molar-refractivity contribution in [3.63, 3.8) is 0 Å². The van der Waals surface area contributed by atoms with Gasteiger partial charge in [0, 0.05) is 6.20 Å². The van der Waals surface area contributed by atoms with Gasteiger partial charge in [-0.1, -0.05) is 54.6 Å². The van der Waals surface area contributed by atoms with Crippen LogP contribution in [0.15, 0.2) is 60.8 Å². The van der Waals surface area contributed by atoms with Gasteiger partial charge in [0.15, 0.2) is 6.10 Å². The second kappa shape index (κ2) is 5.11. The highest BCUT2D eigenvalue weighted by Gasteiger charge is 2.50. The molecule has 2 aromatic carbocycles. The van der Waals surface area contributed by atoms with Crippen molar-refractivity contribution in [2.75, 3.05) is 0 Å². The number of ether oxygens (including phenoxy) is 1. The zero-order valence-electron chi connectivity index (χ0n) is 12.4. The second-order valence-corrected chi connectivity index (χ2v) is 5.81. The van der Waals surface area contributed by atoms with Gasteiger partial charge in [-0.25, -0.2) is 0 Å². The number of amides is 1. The quantitative estimate of drug-likeness (QED) is 0.810. The van der Waals surface area contributed by atoms with Gasteiger partial charge in [-0.3, -0.25) is 4.79 Å². The Morgan fingerprint density at radius 2 is 1.77 bits per heavy atom. The van der Waals surface area contributed by atoms with Crippen molar-refractivity contribution < 1.29 is 9.53 Å². The molecule has 0 bridgehead atoms. The molecule has 2 atom stereocenters. The number of hydrogen-bond donors (Lipinski definition) is 0. The Morgan fingerprint density at radius 3 is 2.59 bits per heavy atom. The highest BCUT2D eigenvalue weighted by atomic mass is 16.5. The number of nitrogens with zero attached hydrogens (tertiary/aromatic N) is 1. The summed E-state index contributed by atoms with van der Waals surface area (Å²) in [4.78, 5) is 14.1. The summed E-state index contributed by atoms with van der Waals surface area (Å²) in [5.41, 5.74) is 4.61. The minimum atomic E-state index is -0.384. The Bertz CT molecular complexity index is 751. The molecule has 0 aliphatic carbocycles. The molecule has 22 heavy (non-hydrogen) atoms. The van der Waals surface area contributed by atoms with E-state index in [0.29, 0.717) is 6.61 Å². The summed E-state index contributed by atoms with van der Waals surface area (Å²) in [6.45, 7) is 2.51. The Balaban J connectivity index is 1.58. The summed E-state index contributed by atoms with van der Waals surface area (Å²) in [6, 6.07) is 18.2. The molecule has 4 rings (SSSR count).